The largest absolute Gasteiger partial charge is 0.0654 e. The molecule has 0 rings (SSSR count). The third-order valence-electron chi connectivity index (χ3n) is 8.38. The van der Waals surface area contributed by atoms with E-state index in [1.54, 1.807) is 0 Å². The van der Waals surface area contributed by atoms with Gasteiger partial charge >= 0.3 is 0 Å². The second kappa shape index (κ2) is 32.0. The molecular weight excluding hydrogens is 420 g/mol. The van der Waals surface area contributed by atoms with E-state index in [0.717, 1.165) is 5.92 Å². The Bertz CT molecular complexity index is 346. The van der Waals surface area contributed by atoms with Crippen LogP contribution in [-0.4, -0.2) is 0 Å². The van der Waals surface area contributed by atoms with Gasteiger partial charge in [0.15, 0.2) is 0 Å². The summed E-state index contributed by atoms with van der Waals surface area (Å²) in [6.45, 7) is 7.01. The maximum Gasteiger partial charge on any atom is -0.0414 e. The highest BCUT2D eigenvalue weighted by Crippen LogP contribution is 2.23. The molecule has 0 spiro atoms. The summed E-state index contributed by atoms with van der Waals surface area (Å²) < 4.78 is 0. The molecule has 0 aliphatic heterocycles. The Hall–Kier alpha value is 0. The van der Waals surface area contributed by atoms with Gasteiger partial charge in [0, 0.05) is 0 Å². The minimum atomic E-state index is 1.03. The molecule has 0 fully saturated rings. The van der Waals surface area contributed by atoms with Gasteiger partial charge in [-0.25, -0.2) is 0 Å². The van der Waals surface area contributed by atoms with Crippen molar-refractivity contribution in [1.82, 2.24) is 0 Å². The van der Waals surface area contributed by atoms with Gasteiger partial charge in [0.25, 0.3) is 0 Å². The van der Waals surface area contributed by atoms with Crippen molar-refractivity contribution in [1.29, 1.82) is 0 Å². The third kappa shape index (κ3) is 30.1. The van der Waals surface area contributed by atoms with E-state index in [9.17, 15) is 0 Å². The molecule has 0 heterocycles. The Kier molecular flexibility index (Phi) is 32.0. The molecule has 0 saturated carbocycles. The predicted molar refractivity (Wildman–Crippen MR) is 164 cm³/mol. The van der Waals surface area contributed by atoms with E-state index < -0.39 is 0 Å². The molecule has 1 unspecified atom stereocenters. The topological polar surface area (TPSA) is 0 Å². The van der Waals surface area contributed by atoms with Crippen molar-refractivity contribution in [3.05, 3.63) is 0 Å². The van der Waals surface area contributed by atoms with Crippen molar-refractivity contribution in [2.45, 2.75) is 220 Å². The molecule has 1 atom stereocenters. The van der Waals surface area contributed by atoms with Crippen molar-refractivity contribution in [3.63, 3.8) is 0 Å². The number of hydrogen-bond donors (Lipinski definition) is 0. The zero-order valence-corrected chi connectivity index (χ0v) is 25.5. The summed E-state index contributed by atoms with van der Waals surface area (Å²) in [7, 11) is 0. The highest BCUT2D eigenvalue weighted by atomic mass is 14.1. The van der Waals surface area contributed by atoms with Crippen molar-refractivity contribution in [2.75, 3.05) is 0 Å². The van der Waals surface area contributed by atoms with Gasteiger partial charge in [0.05, 0.1) is 0 Å². The van der Waals surface area contributed by atoms with Crippen LogP contribution >= 0.6 is 0 Å². The van der Waals surface area contributed by atoms with Gasteiger partial charge in [0.1, 0.15) is 0 Å². The van der Waals surface area contributed by atoms with Crippen LogP contribution in [-0.2, 0) is 0 Å². The SMILES string of the molecule is CCCCCCCCCCCCCCCCCCC(CCC)CCCCCCCCCCCCC. The first kappa shape index (κ1) is 35.0. The molecule has 0 aliphatic rings. The molecule has 0 bridgehead atoms. The van der Waals surface area contributed by atoms with Gasteiger partial charge < -0.3 is 0 Å². The maximum absolute atomic E-state index is 2.39. The van der Waals surface area contributed by atoms with Gasteiger partial charge in [-0.2, -0.15) is 0 Å². The molecular formula is C35H72. The summed E-state index contributed by atoms with van der Waals surface area (Å²) >= 11 is 0. The maximum atomic E-state index is 2.39. The summed E-state index contributed by atoms with van der Waals surface area (Å²) in [5.41, 5.74) is 0. The standard InChI is InChI=1S/C35H72/c1-4-7-9-11-13-15-17-18-19-20-21-23-25-27-29-31-34-35(32-6-3)33-30-28-26-24-22-16-14-12-10-8-5-2/h35H,4-34H2,1-3H3. The minimum absolute atomic E-state index is 1.03. The number of unbranched alkanes of at least 4 members (excludes halogenated alkanes) is 25. The lowest BCUT2D eigenvalue weighted by Gasteiger charge is -2.16. The molecule has 0 radical (unpaired) electrons. The lowest BCUT2D eigenvalue weighted by molar-refractivity contribution is 0.376. The quantitative estimate of drug-likeness (QED) is 0.0844. The van der Waals surface area contributed by atoms with Crippen LogP contribution in [0.25, 0.3) is 0 Å². The van der Waals surface area contributed by atoms with E-state index in [0.29, 0.717) is 0 Å². The second-order valence-corrected chi connectivity index (χ2v) is 12.1. The third-order valence-corrected chi connectivity index (χ3v) is 8.38. The van der Waals surface area contributed by atoms with E-state index in [1.807, 2.05) is 0 Å². The molecule has 0 saturated heterocycles. The fraction of sp³-hybridized carbons (Fsp3) is 1.00. The van der Waals surface area contributed by atoms with Crippen molar-refractivity contribution >= 4 is 0 Å². The number of hydrogen-bond acceptors (Lipinski definition) is 0. The highest BCUT2D eigenvalue weighted by molar-refractivity contribution is 4.61. The Balaban J connectivity index is 3.36. The van der Waals surface area contributed by atoms with Gasteiger partial charge in [-0.3, -0.25) is 0 Å². The van der Waals surface area contributed by atoms with Crippen LogP contribution in [0.1, 0.15) is 220 Å². The van der Waals surface area contributed by atoms with Gasteiger partial charge in [-0.15, -0.1) is 0 Å². The van der Waals surface area contributed by atoms with Crippen LogP contribution in [0.5, 0.6) is 0 Å². The molecule has 212 valence electrons. The first-order chi connectivity index (χ1) is 17.3. The van der Waals surface area contributed by atoms with Crippen molar-refractivity contribution < 1.29 is 0 Å². The van der Waals surface area contributed by atoms with Crippen LogP contribution in [0.2, 0.25) is 0 Å². The first-order valence-corrected chi connectivity index (χ1v) is 17.3. The van der Waals surface area contributed by atoms with Gasteiger partial charge in [-0.1, -0.05) is 220 Å². The van der Waals surface area contributed by atoms with E-state index >= 15 is 0 Å². The highest BCUT2D eigenvalue weighted by Gasteiger charge is 2.07. The summed E-state index contributed by atoms with van der Waals surface area (Å²) in [6, 6.07) is 0. The Morgan fingerprint density at radius 3 is 0.686 bits per heavy atom. The Morgan fingerprint density at radius 1 is 0.229 bits per heavy atom. The van der Waals surface area contributed by atoms with E-state index in [-0.39, 0.29) is 0 Å². The van der Waals surface area contributed by atoms with Crippen molar-refractivity contribution in [2.24, 2.45) is 5.92 Å². The average Bonchev–Trinajstić information content (AvgIpc) is 2.86. The lowest BCUT2D eigenvalue weighted by atomic mass is 9.90. The normalized spacial score (nSPS) is 12.4. The molecule has 0 nitrogen and oxygen atoms in total. The summed E-state index contributed by atoms with van der Waals surface area (Å²) in [5, 5.41) is 0. The zero-order valence-electron chi connectivity index (χ0n) is 25.5. The molecule has 35 heavy (non-hydrogen) atoms. The van der Waals surface area contributed by atoms with Gasteiger partial charge in [-0.05, 0) is 5.92 Å². The average molecular weight is 493 g/mol. The Morgan fingerprint density at radius 2 is 0.457 bits per heavy atom. The Labute approximate surface area is 225 Å². The van der Waals surface area contributed by atoms with E-state index in [1.165, 1.54) is 199 Å². The molecule has 0 amide bonds. The number of rotatable bonds is 31. The van der Waals surface area contributed by atoms with Crippen LogP contribution < -0.4 is 0 Å². The minimum Gasteiger partial charge on any atom is -0.0654 e. The van der Waals surface area contributed by atoms with Gasteiger partial charge in [0.2, 0.25) is 0 Å². The van der Waals surface area contributed by atoms with Crippen LogP contribution in [0.15, 0.2) is 0 Å². The molecule has 0 aromatic carbocycles. The monoisotopic (exact) mass is 493 g/mol. The van der Waals surface area contributed by atoms with Crippen LogP contribution in [0, 0.1) is 5.92 Å². The lowest BCUT2D eigenvalue weighted by Crippen LogP contribution is -2.00. The van der Waals surface area contributed by atoms with E-state index in [2.05, 4.69) is 20.8 Å². The molecule has 0 aromatic heterocycles. The molecule has 0 aromatic rings. The van der Waals surface area contributed by atoms with E-state index in [4.69, 9.17) is 0 Å². The molecule has 0 heteroatoms. The summed E-state index contributed by atoms with van der Waals surface area (Å²) in [4.78, 5) is 0. The second-order valence-electron chi connectivity index (χ2n) is 12.1. The smallest absolute Gasteiger partial charge is 0.0414 e. The summed E-state index contributed by atoms with van der Waals surface area (Å²) in [6.07, 6.45) is 45.8. The predicted octanol–water partition coefficient (Wildman–Crippen LogP) is 13.8. The van der Waals surface area contributed by atoms with Crippen LogP contribution in [0.3, 0.4) is 0 Å². The first-order valence-electron chi connectivity index (χ1n) is 17.3. The fourth-order valence-corrected chi connectivity index (χ4v) is 5.92. The summed E-state index contributed by atoms with van der Waals surface area (Å²) in [5.74, 6) is 1.03. The van der Waals surface area contributed by atoms with Crippen molar-refractivity contribution in [3.8, 4) is 0 Å². The fourth-order valence-electron chi connectivity index (χ4n) is 5.92. The molecule has 0 aliphatic carbocycles. The zero-order chi connectivity index (χ0) is 25.5. The van der Waals surface area contributed by atoms with Crippen LogP contribution in [0.4, 0.5) is 0 Å². The molecule has 0 N–H and O–H groups in total.